The molecule has 0 bridgehead atoms. The normalized spacial score (nSPS) is 11.2. The molecular weight excluding hydrogens is 328 g/mol. The molecule has 0 saturated heterocycles. The number of hydrogen-bond acceptors (Lipinski definition) is 7. The predicted octanol–water partition coefficient (Wildman–Crippen LogP) is 1.35. The van der Waals surface area contributed by atoms with Crippen LogP contribution in [0, 0.1) is 0 Å². The van der Waals surface area contributed by atoms with Crippen molar-refractivity contribution in [1.29, 1.82) is 0 Å². The molecule has 0 atom stereocenters. The Morgan fingerprint density at radius 2 is 1.56 bits per heavy atom. The van der Waals surface area contributed by atoms with Crippen molar-refractivity contribution in [1.82, 2.24) is 0 Å². The molecule has 5 N–H and O–H groups in total. The van der Waals surface area contributed by atoms with Gasteiger partial charge in [-0.05, 0) is 29.8 Å². The van der Waals surface area contributed by atoms with E-state index in [0.717, 1.165) is 0 Å². The van der Waals surface area contributed by atoms with Crippen molar-refractivity contribution in [2.45, 2.75) is 19.8 Å². The average molecular weight is 344 g/mol. The van der Waals surface area contributed by atoms with Gasteiger partial charge in [-0.15, -0.1) is 0 Å². The molecule has 1 aromatic heterocycles. The first-order valence-electron chi connectivity index (χ1n) is 7.45. The first kappa shape index (κ1) is 17.0. The predicted molar refractivity (Wildman–Crippen MR) is 89.0 cm³/mol. The van der Waals surface area contributed by atoms with Crippen molar-refractivity contribution >= 4 is 11.0 Å². The minimum absolute atomic E-state index is 0.0831. The molecule has 1 heterocycles. The second kappa shape index (κ2) is 6.56. The van der Waals surface area contributed by atoms with E-state index in [2.05, 4.69) is 0 Å². The summed E-state index contributed by atoms with van der Waals surface area (Å²) in [5.74, 6) is -0.410. The Bertz CT molecular complexity index is 979. The third-order valence-electron chi connectivity index (χ3n) is 4.10. The van der Waals surface area contributed by atoms with Gasteiger partial charge in [-0.25, -0.2) is 0 Å². The zero-order chi connectivity index (χ0) is 18.1. The molecule has 0 radical (unpaired) electrons. The number of benzene rings is 2. The highest BCUT2D eigenvalue weighted by Gasteiger charge is 2.17. The SMILES string of the molecule is O=c1c(-c2cc(CO)c(O)c(CO)c2)coc2c(CO)c(O)ccc12. The fourth-order valence-corrected chi connectivity index (χ4v) is 2.76. The maximum atomic E-state index is 12.8. The maximum Gasteiger partial charge on any atom is 0.200 e. The van der Waals surface area contributed by atoms with E-state index in [1.54, 1.807) is 0 Å². The van der Waals surface area contributed by atoms with Crippen LogP contribution < -0.4 is 5.43 Å². The number of fused-ring (bicyclic) bond motifs is 1. The summed E-state index contributed by atoms with van der Waals surface area (Å²) in [5.41, 5.74) is 0.644. The number of hydrogen-bond donors (Lipinski definition) is 5. The summed E-state index contributed by atoms with van der Waals surface area (Å²) in [6, 6.07) is 5.54. The monoisotopic (exact) mass is 344 g/mol. The molecule has 3 aromatic rings. The summed E-state index contributed by atoms with van der Waals surface area (Å²) in [6.07, 6.45) is 1.18. The second-order valence-electron chi connectivity index (χ2n) is 5.54. The fraction of sp³-hybridized carbons (Fsp3) is 0.167. The molecule has 3 rings (SSSR count). The van der Waals surface area contributed by atoms with Gasteiger partial charge in [-0.1, -0.05) is 0 Å². The van der Waals surface area contributed by atoms with Gasteiger partial charge in [-0.3, -0.25) is 4.79 Å². The van der Waals surface area contributed by atoms with Gasteiger partial charge in [0.15, 0.2) is 0 Å². The molecule has 0 aliphatic rings. The average Bonchev–Trinajstić information content (AvgIpc) is 2.62. The van der Waals surface area contributed by atoms with Crippen molar-refractivity contribution in [2.75, 3.05) is 0 Å². The molecule has 7 heteroatoms. The van der Waals surface area contributed by atoms with Crippen molar-refractivity contribution in [3.05, 3.63) is 57.4 Å². The molecule has 0 fully saturated rings. The lowest BCUT2D eigenvalue weighted by molar-refractivity contribution is 0.264. The topological polar surface area (TPSA) is 131 Å². The van der Waals surface area contributed by atoms with Crippen LogP contribution in [0.2, 0.25) is 0 Å². The lowest BCUT2D eigenvalue weighted by Gasteiger charge is -2.11. The number of aliphatic hydroxyl groups excluding tert-OH is 3. The summed E-state index contributed by atoms with van der Waals surface area (Å²) in [4.78, 5) is 12.8. The summed E-state index contributed by atoms with van der Waals surface area (Å²) in [6.45, 7) is -1.42. The van der Waals surface area contributed by atoms with Crippen LogP contribution in [-0.4, -0.2) is 25.5 Å². The highest BCUT2D eigenvalue weighted by atomic mass is 16.3. The van der Waals surface area contributed by atoms with Crippen molar-refractivity contribution in [3.63, 3.8) is 0 Å². The first-order chi connectivity index (χ1) is 12.0. The van der Waals surface area contributed by atoms with E-state index in [-0.39, 0.29) is 44.7 Å². The zero-order valence-corrected chi connectivity index (χ0v) is 13.1. The molecule has 25 heavy (non-hydrogen) atoms. The summed E-state index contributed by atoms with van der Waals surface area (Å²) in [5, 5.41) is 47.9. The molecular formula is C18H16O7. The van der Waals surface area contributed by atoms with Gasteiger partial charge in [0.25, 0.3) is 0 Å². The van der Waals surface area contributed by atoms with E-state index < -0.39 is 25.2 Å². The molecule has 2 aromatic carbocycles. The van der Waals surface area contributed by atoms with E-state index in [1.165, 1.54) is 30.5 Å². The Hall–Kier alpha value is -2.87. The van der Waals surface area contributed by atoms with Gasteiger partial charge < -0.3 is 29.9 Å². The van der Waals surface area contributed by atoms with Gasteiger partial charge in [0, 0.05) is 11.1 Å². The molecule has 0 saturated carbocycles. The first-order valence-corrected chi connectivity index (χ1v) is 7.45. The quantitative estimate of drug-likeness (QED) is 0.483. The van der Waals surface area contributed by atoms with E-state index in [9.17, 15) is 30.3 Å². The number of aliphatic hydroxyl groups is 3. The Labute approximate surface area is 141 Å². The summed E-state index contributed by atoms with van der Waals surface area (Å²) >= 11 is 0. The number of phenols is 2. The molecule has 0 aliphatic heterocycles. The van der Waals surface area contributed by atoms with Crippen LogP contribution in [0.25, 0.3) is 22.1 Å². The molecule has 7 nitrogen and oxygen atoms in total. The lowest BCUT2D eigenvalue weighted by atomic mass is 9.98. The third kappa shape index (κ3) is 2.74. The van der Waals surface area contributed by atoms with Gasteiger partial charge in [0.05, 0.1) is 36.3 Å². The summed E-state index contributed by atoms with van der Waals surface area (Å²) in [7, 11) is 0. The lowest BCUT2D eigenvalue weighted by Crippen LogP contribution is -2.07. The van der Waals surface area contributed by atoms with Crippen molar-refractivity contribution < 1.29 is 29.9 Å². The minimum Gasteiger partial charge on any atom is -0.507 e. The molecule has 0 unspecified atom stereocenters. The zero-order valence-electron chi connectivity index (χ0n) is 13.1. The molecule has 0 aliphatic carbocycles. The minimum atomic E-state index is -0.492. The standard InChI is InChI=1S/C18H16O7/c19-5-10-3-9(4-11(6-20)16(10)23)14-8-25-18-12(17(14)24)1-2-15(22)13(18)7-21/h1-4,8,19-23H,5-7H2. The Morgan fingerprint density at radius 3 is 2.12 bits per heavy atom. The van der Waals surface area contributed by atoms with Crippen molar-refractivity contribution in [2.24, 2.45) is 0 Å². The van der Waals surface area contributed by atoms with E-state index in [0.29, 0.717) is 5.56 Å². The van der Waals surface area contributed by atoms with Crippen LogP contribution in [0.1, 0.15) is 16.7 Å². The van der Waals surface area contributed by atoms with Crippen molar-refractivity contribution in [3.8, 4) is 22.6 Å². The van der Waals surface area contributed by atoms with E-state index in [1.807, 2.05) is 0 Å². The van der Waals surface area contributed by atoms with Gasteiger partial charge >= 0.3 is 0 Å². The van der Waals surface area contributed by atoms with Crippen LogP contribution in [-0.2, 0) is 19.8 Å². The number of aromatic hydroxyl groups is 2. The van der Waals surface area contributed by atoms with Gasteiger partial charge in [0.1, 0.15) is 23.3 Å². The Kier molecular flexibility index (Phi) is 4.45. The van der Waals surface area contributed by atoms with Crippen LogP contribution >= 0.6 is 0 Å². The van der Waals surface area contributed by atoms with Crippen LogP contribution in [0.15, 0.2) is 39.7 Å². The molecule has 130 valence electrons. The highest BCUT2D eigenvalue weighted by molar-refractivity contribution is 5.85. The fourth-order valence-electron chi connectivity index (χ4n) is 2.76. The largest absolute Gasteiger partial charge is 0.507 e. The van der Waals surface area contributed by atoms with Gasteiger partial charge in [0.2, 0.25) is 5.43 Å². The molecule has 0 spiro atoms. The molecule has 0 amide bonds. The Morgan fingerprint density at radius 1 is 0.920 bits per heavy atom. The van der Waals surface area contributed by atoms with E-state index in [4.69, 9.17) is 4.42 Å². The smallest absolute Gasteiger partial charge is 0.200 e. The van der Waals surface area contributed by atoms with E-state index >= 15 is 0 Å². The maximum absolute atomic E-state index is 12.8. The third-order valence-corrected chi connectivity index (χ3v) is 4.10. The van der Waals surface area contributed by atoms with Gasteiger partial charge in [-0.2, -0.15) is 0 Å². The Balaban J connectivity index is 2.29. The second-order valence-corrected chi connectivity index (χ2v) is 5.54. The highest BCUT2D eigenvalue weighted by Crippen LogP contribution is 2.31. The number of rotatable bonds is 4. The van der Waals surface area contributed by atoms with Crippen LogP contribution in [0.4, 0.5) is 0 Å². The van der Waals surface area contributed by atoms with Crippen LogP contribution in [0.3, 0.4) is 0 Å². The van der Waals surface area contributed by atoms with Crippen LogP contribution in [0.5, 0.6) is 11.5 Å². The summed E-state index contributed by atoms with van der Waals surface area (Å²) < 4.78 is 5.45.